The van der Waals surface area contributed by atoms with E-state index < -0.39 is 11.7 Å². The predicted octanol–water partition coefficient (Wildman–Crippen LogP) is 4.22. The van der Waals surface area contributed by atoms with Gasteiger partial charge in [0.15, 0.2) is 0 Å². The van der Waals surface area contributed by atoms with Gasteiger partial charge in [0.2, 0.25) is 0 Å². The average Bonchev–Trinajstić information content (AvgIpc) is 2.39. The first-order valence-electron chi connectivity index (χ1n) is 7.21. The maximum absolute atomic E-state index is 11.7. The summed E-state index contributed by atoms with van der Waals surface area (Å²) in [6.07, 6.45) is 6.85. The van der Waals surface area contributed by atoms with Crippen molar-refractivity contribution in [1.82, 2.24) is 5.32 Å². The van der Waals surface area contributed by atoms with E-state index in [2.05, 4.69) is 23.5 Å². The summed E-state index contributed by atoms with van der Waals surface area (Å²) < 4.78 is 5.21. The Hall–Kier alpha value is -2.10. The molecule has 0 heterocycles. The maximum Gasteiger partial charge on any atom is 0.408 e. The molecule has 0 aromatic heterocycles. The van der Waals surface area contributed by atoms with Crippen LogP contribution in [0.15, 0.2) is 53.1 Å². The van der Waals surface area contributed by atoms with Gasteiger partial charge in [0.1, 0.15) is 5.60 Å². The van der Waals surface area contributed by atoms with Gasteiger partial charge in [-0.1, -0.05) is 25.3 Å². The minimum Gasteiger partial charge on any atom is -0.444 e. The SMILES string of the molecule is C=C(C=CC(=C)C(C)NC(=O)OC(C)(C)C)C(C)=CC=NC. The minimum absolute atomic E-state index is 0.222. The molecule has 0 saturated heterocycles. The number of hydrogen-bond donors (Lipinski definition) is 1. The van der Waals surface area contributed by atoms with E-state index in [9.17, 15) is 4.79 Å². The molecule has 22 heavy (non-hydrogen) atoms. The van der Waals surface area contributed by atoms with Gasteiger partial charge >= 0.3 is 6.09 Å². The molecule has 4 heteroatoms. The minimum atomic E-state index is -0.516. The molecule has 0 aliphatic rings. The van der Waals surface area contributed by atoms with Gasteiger partial charge < -0.3 is 10.1 Å². The number of carbonyl (C=O) groups excluding carboxylic acids is 1. The van der Waals surface area contributed by atoms with E-state index >= 15 is 0 Å². The highest BCUT2D eigenvalue weighted by Crippen LogP contribution is 2.11. The van der Waals surface area contributed by atoms with Gasteiger partial charge in [-0.05, 0) is 57.4 Å². The zero-order valence-corrected chi connectivity index (χ0v) is 14.6. The van der Waals surface area contributed by atoms with Crippen molar-refractivity contribution in [2.45, 2.75) is 46.3 Å². The van der Waals surface area contributed by atoms with E-state index in [1.807, 2.05) is 52.8 Å². The van der Waals surface area contributed by atoms with Crippen LogP contribution in [0.5, 0.6) is 0 Å². The number of ether oxygens (including phenoxy) is 1. The number of amides is 1. The molecule has 1 N–H and O–H groups in total. The van der Waals surface area contributed by atoms with Crippen molar-refractivity contribution < 1.29 is 9.53 Å². The van der Waals surface area contributed by atoms with E-state index in [4.69, 9.17) is 4.74 Å². The Balaban J connectivity index is 4.56. The second kappa shape index (κ2) is 9.03. The fourth-order valence-electron chi connectivity index (χ4n) is 1.35. The molecular formula is C18H28N2O2. The third kappa shape index (κ3) is 8.95. The Morgan fingerprint density at radius 2 is 1.86 bits per heavy atom. The second-order valence-electron chi connectivity index (χ2n) is 6.06. The topological polar surface area (TPSA) is 50.7 Å². The van der Waals surface area contributed by atoms with Gasteiger partial charge in [-0.3, -0.25) is 4.99 Å². The lowest BCUT2D eigenvalue weighted by molar-refractivity contribution is 0.0516. The van der Waals surface area contributed by atoms with Crippen LogP contribution in [0.4, 0.5) is 4.79 Å². The van der Waals surface area contributed by atoms with Crippen molar-refractivity contribution in [3.8, 4) is 0 Å². The Bertz CT molecular complexity index is 506. The molecule has 0 rings (SSSR count). The van der Waals surface area contributed by atoms with Crippen LogP contribution in [0, 0.1) is 0 Å². The largest absolute Gasteiger partial charge is 0.444 e. The molecule has 0 aliphatic carbocycles. The van der Waals surface area contributed by atoms with Gasteiger partial charge in [0.05, 0.1) is 6.04 Å². The van der Waals surface area contributed by atoms with Crippen molar-refractivity contribution in [1.29, 1.82) is 0 Å². The van der Waals surface area contributed by atoms with Gasteiger partial charge in [-0.25, -0.2) is 4.79 Å². The molecule has 0 spiro atoms. The summed E-state index contributed by atoms with van der Waals surface area (Å²) in [5.74, 6) is 0. The number of nitrogens with zero attached hydrogens (tertiary/aromatic N) is 1. The number of nitrogens with one attached hydrogen (secondary N) is 1. The summed E-state index contributed by atoms with van der Waals surface area (Å²) >= 11 is 0. The fourth-order valence-corrected chi connectivity index (χ4v) is 1.35. The number of carbonyl (C=O) groups is 1. The molecule has 122 valence electrons. The molecule has 0 saturated carbocycles. The molecule has 0 fully saturated rings. The van der Waals surface area contributed by atoms with Crippen LogP contribution in [0.25, 0.3) is 0 Å². The number of allylic oxidation sites excluding steroid dienone is 4. The van der Waals surface area contributed by atoms with Crippen LogP contribution in [-0.4, -0.2) is 31.0 Å². The van der Waals surface area contributed by atoms with E-state index in [1.165, 1.54) is 0 Å². The summed E-state index contributed by atoms with van der Waals surface area (Å²) in [6.45, 7) is 17.2. The van der Waals surface area contributed by atoms with E-state index in [-0.39, 0.29) is 6.04 Å². The first-order valence-corrected chi connectivity index (χ1v) is 7.21. The molecule has 1 atom stereocenters. The molecular weight excluding hydrogens is 276 g/mol. The summed E-state index contributed by atoms with van der Waals surface area (Å²) in [4.78, 5) is 15.6. The Kier molecular flexibility index (Phi) is 8.17. The standard InChI is InChI=1S/C18H28N2O2/c1-13(14(2)11-12-19-8)9-10-15(3)16(4)20-17(21)22-18(5,6)7/h9-12,16H,1,3H2,2,4-8H3,(H,20,21). The van der Waals surface area contributed by atoms with Crippen LogP contribution in [0.2, 0.25) is 0 Å². The molecule has 0 aromatic carbocycles. The number of aliphatic imine (C=N–C) groups is 1. The third-order valence-electron chi connectivity index (χ3n) is 2.77. The van der Waals surface area contributed by atoms with E-state index in [1.54, 1.807) is 13.3 Å². The highest BCUT2D eigenvalue weighted by atomic mass is 16.6. The maximum atomic E-state index is 11.7. The molecule has 0 radical (unpaired) electrons. The Morgan fingerprint density at radius 3 is 2.36 bits per heavy atom. The van der Waals surface area contributed by atoms with Gasteiger partial charge in [0.25, 0.3) is 0 Å². The summed E-state index contributed by atoms with van der Waals surface area (Å²) in [5.41, 5.74) is 2.13. The van der Waals surface area contributed by atoms with Crippen molar-refractivity contribution in [2.75, 3.05) is 7.05 Å². The molecule has 0 aromatic rings. The van der Waals surface area contributed by atoms with Gasteiger partial charge in [0, 0.05) is 13.3 Å². The average molecular weight is 304 g/mol. The summed E-state index contributed by atoms with van der Waals surface area (Å²) in [6, 6.07) is -0.222. The van der Waals surface area contributed by atoms with E-state index in [0.29, 0.717) is 0 Å². The zero-order valence-electron chi connectivity index (χ0n) is 14.6. The van der Waals surface area contributed by atoms with Crippen molar-refractivity contribution in [3.05, 3.63) is 48.1 Å². The van der Waals surface area contributed by atoms with Crippen LogP contribution in [0.3, 0.4) is 0 Å². The number of rotatable bonds is 6. The van der Waals surface area contributed by atoms with Gasteiger partial charge in [-0.2, -0.15) is 0 Å². The lowest BCUT2D eigenvalue weighted by Crippen LogP contribution is -2.38. The van der Waals surface area contributed by atoms with Crippen molar-refractivity contribution in [2.24, 2.45) is 4.99 Å². The fraction of sp³-hybridized carbons (Fsp3) is 0.444. The number of hydrogen-bond acceptors (Lipinski definition) is 3. The Labute approximate surface area is 134 Å². The monoisotopic (exact) mass is 304 g/mol. The Morgan fingerprint density at radius 1 is 1.27 bits per heavy atom. The number of alkyl carbamates (subject to hydrolysis) is 1. The smallest absolute Gasteiger partial charge is 0.408 e. The molecule has 1 amide bonds. The first-order chi connectivity index (χ1) is 10.1. The van der Waals surface area contributed by atoms with Crippen molar-refractivity contribution >= 4 is 12.3 Å². The highest BCUT2D eigenvalue weighted by Gasteiger charge is 2.17. The lowest BCUT2D eigenvalue weighted by Gasteiger charge is -2.22. The second-order valence-corrected chi connectivity index (χ2v) is 6.06. The quantitative estimate of drug-likeness (QED) is 0.590. The lowest BCUT2D eigenvalue weighted by atomic mass is 10.1. The molecule has 0 aliphatic heterocycles. The summed E-state index contributed by atoms with van der Waals surface area (Å²) in [7, 11) is 1.72. The molecule has 4 nitrogen and oxygen atoms in total. The zero-order chi connectivity index (χ0) is 17.3. The van der Waals surface area contributed by atoms with Crippen LogP contribution in [-0.2, 0) is 4.74 Å². The molecule has 0 bridgehead atoms. The van der Waals surface area contributed by atoms with Gasteiger partial charge in [-0.15, -0.1) is 0 Å². The van der Waals surface area contributed by atoms with Crippen LogP contribution < -0.4 is 5.32 Å². The summed E-state index contributed by atoms with van der Waals surface area (Å²) in [5, 5.41) is 2.75. The van der Waals surface area contributed by atoms with E-state index in [0.717, 1.165) is 16.7 Å². The molecule has 1 unspecified atom stereocenters. The predicted molar refractivity (Wildman–Crippen MR) is 94.4 cm³/mol. The van der Waals surface area contributed by atoms with Crippen LogP contribution in [0.1, 0.15) is 34.6 Å². The first kappa shape index (κ1) is 19.9. The third-order valence-corrected chi connectivity index (χ3v) is 2.77. The normalized spacial score (nSPS) is 14.2. The van der Waals surface area contributed by atoms with Crippen molar-refractivity contribution in [3.63, 3.8) is 0 Å². The highest BCUT2D eigenvalue weighted by molar-refractivity contribution is 5.73. The van der Waals surface area contributed by atoms with Crippen LogP contribution >= 0.6 is 0 Å².